The van der Waals surface area contributed by atoms with Crippen LogP contribution in [-0.2, 0) is 27.2 Å². The number of para-hydroxylation sites is 1. The molecule has 1 aliphatic rings. The largest absolute Gasteiger partial charge is 0.347 e. The minimum Gasteiger partial charge on any atom is -0.347 e. The van der Waals surface area contributed by atoms with Crippen molar-refractivity contribution in [3.8, 4) is 0 Å². The van der Waals surface area contributed by atoms with Crippen LogP contribution in [0, 0.1) is 5.92 Å². The van der Waals surface area contributed by atoms with Gasteiger partial charge in [0.05, 0.1) is 12.5 Å². The van der Waals surface area contributed by atoms with Crippen molar-refractivity contribution in [2.45, 2.75) is 33.1 Å². The Morgan fingerprint density at radius 1 is 1.03 bits per heavy atom. The number of carbonyl (C=O) groups excluding carboxylic acids is 3. The second kappa shape index (κ2) is 9.37. The van der Waals surface area contributed by atoms with Crippen LogP contribution < -0.4 is 15.5 Å². The van der Waals surface area contributed by atoms with E-state index < -0.39 is 5.92 Å². The molecule has 6 nitrogen and oxygen atoms in total. The summed E-state index contributed by atoms with van der Waals surface area (Å²) in [5, 5.41) is 5.49. The average molecular weight is 393 g/mol. The number of rotatable bonds is 7. The Hall–Kier alpha value is -3.15. The first-order valence-corrected chi connectivity index (χ1v) is 10.1. The molecule has 1 fully saturated rings. The third-order valence-electron chi connectivity index (χ3n) is 5.25. The van der Waals surface area contributed by atoms with Gasteiger partial charge in [0, 0.05) is 24.3 Å². The van der Waals surface area contributed by atoms with Gasteiger partial charge < -0.3 is 15.5 Å². The zero-order valence-corrected chi connectivity index (χ0v) is 16.9. The van der Waals surface area contributed by atoms with E-state index in [9.17, 15) is 14.4 Å². The molecule has 0 spiro atoms. The Morgan fingerprint density at radius 2 is 1.76 bits per heavy atom. The van der Waals surface area contributed by atoms with Crippen LogP contribution in [0.15, 0.2) is 48.5 Å². The summed E-state index contributed by atoms with van der Waals surface area (Å²) in [6.07, 6.45) is 1.90. The van der Waals surface area contributed by atoms with Crippen molar-refractivity contribution < 1.29 is 14.4 Å². The van der Waals surface area contributed by atoms with E-state index in [0.29, 0.717) is 6.54 Å². The van der Waals surface area contributed by atoms with E-state index in [-0.39, 0.29) is 30.7 Å². The highest BCUT2D eigenvalue weighted by molar-refractivity contribution is 6.01. The monoisotopic (exact) mass is 393 g/mol. The van der Waals surface area contributed by atoms with Gasteiger partial charge in [-0.15, -0.1) is 0 Å². The van der Waals surface area contributed by atoms with Crippen LogP contribution in [0.25, 0.3) is 0 Å². The summed E-state index contributed by atoms with van der Waals surface area (Å²) in [7, 11) is 0. The van der Waals surface area contributed by atoms with Crippen LogP contribution >= 0.6 is 0 Å². The Balaban J connectivity index is 1.53. The molecule has 2 aromatic rings. The van der Waals surface area contributed by atoms with Crippen LogP contribution in [0.2, 0.25) is 0 Å². The molecule has 6 heteroatoms. The van der Waals surface area contributed by atoms with Crippen molar-refractivity contribution in [2.24, 2.45) is 5.92 Å². The summed E-state index contributed by atoms with van der Waals surface area (Å²) >= 11 is 0. The van der Waals surface area contributed by atoms with Crippen molar-refractivity contribution in [1.82, 2.24) is 5.32 Å². The molecule has 3 amide bonds. The van der Waals surface area contributed by atoms with E-state index >= 15 is 0 Å². The molecule has 0 radical (unpaired) electrons. The van der Waals surface area contributed by atoms with Gasteiger partial charge in [-0.3, -0.25) is 14.4 Å². The Labute approximate surface area is 171 Å². The molecular formula is C23H27N3O3. The van der Waals surface area contributed by atoms with Gasteiger partial charge in [-0.2, -0.15) is 0 Å². The van der Waals surface area contributed by atoms with Gasteiger partial charge in [0.2, 0.25) is 17.7 Å². The van der Waals surface area contributed by atoms with E-state index in [1.165, 1.54) is 5.56 Å². The Kier molecular flexibility index (Phi) is 6.65. The van der Waals surface area contributed by atoms with Gasteiger partial charge in [-0.05, 0) is 42.2 Å². The molecule has 0 aromatic heterocycles. The summed E-state index contributed by atoms with van der Waals surface area (Å²) in [5.74, 6) is -1.08. The van der Waals surface area contributed by atoms with Crippen molar-refractivity contribution in [1.29, 1.82) is 0 Å². The van der Waals surface area contributed by atoms with Gasteiger partial charge in [-0.25, -0.2) is 0 Å². The number of nitrogens with one attached hydrogen (secondary N) is 2. The van der Waals surface area contributed by atoms with Crippen molar-refractivity contribution in [3.05, 3.63) is 59.7 Å². The second-order valence-corrected chi connectivity index (χ2v) is 7.20. The minimum atomic E-state index is -0.455. The summed E-state index contributed by atoms with van der Waals surface area (Å²) < 4.78 is 0. The maximum atomic E-state index is 12.5. The molecule has 0 bridgehead atoms. The molecule has 2 aromatic carbocycles. The lowest BCUT2D eigenvalue weighted by Crippen LogP contribution is -2.38. The highest BCUT2D eigenvalue weighted by atomic mass is 16.2. The van der Waals surface area contributed by atoms with E-state index in [2.05, 4.69) is 17.6 Å². The molecule has 0 saturated carbocycles. The van der Waals surface area contributed by atoms with E-state index in [0.717, 1.165) is 29.8 Å². The number of benzene rings is 2. The van der Waals surface area contributed by atoms with Crippen LogP contribution in [0.4, 0.5) is 11.4 Å². The van der Waals surface area contributed by atoms with Crippen molar-refractivity contribution in [3.63, 3.8) is 0 Å². The smallest absolute Gasteiger partial charge is 0.243 e. The van der Waals surface area contributed by atoms with Gasteiger partial charge >= 0.3 is 0 Å². The first-order valence-electron chi connectivity index (χ1n) is 10.1. The Morgan fingerprint density at radius 3 is 2.45 bits per heavy atom. The quantitative estimate of drug-likeness (QED) is 0.759. The number of hydrogen-bond acceptors (Lipinski definition) is 3. The van der Waals surface area contributed by atoms with Crippen LogP contribution in [0.5, 0.6) is 0 Å². The minimum absolute atomic E-state index is 0.0734. The molecule has 3 rings (SSSR count). The van der Waals surface area contributed by atoms with Crippen molar-refractivity contribution in [2.75, 3.05) is 23.3 Å². The van der Waals surface area contributed by atoms with Crippen molar-refractivity contribution >= 4 is 29.1 Å². The topological polar surface area (TPSA) is 78.5 Å². The third kappa shape index (κ3) is 5.02. The van der Waals surface area contributed by atoms with Gasteiger partial charge in [-0.1, -0.05) is 44.2 Å². The zero-order chi connectivity index (χ0) is 20.8. The van der Waals surface area contributed by atoms with Gasteiger partial charge in [0.1, 0.15) is 0 Å². The molecular weight excluding hydrogens is 366 g/mol. The standard InChI is InChI=1S/C23H27N3O3/c1-3-16-9-11-19(12-10-16)26-15-18(13-22(26)28)23(29)24-14-21(27)25-20-8-6-5-7-17(20)4-2/h5-12,18H,3-4,13-15H2,1-2H3,(H,24,29)(H,25,27). The fraction of sp³-hybridized carbons (Fsp3) is 0.348. The third-order valence-corrected chi connectivity index (χ3v) is 5.25. The van der Waals surface area contributed by atoms with Crippen LogP contribution in [0.3, 0.4) is 0 Å². The summed E-state index contributed by atoms with van der Waals surface area (Å²) in [5.41, 5.74) is 3.80. The first kappa shape index (κ1) is 20.6. The molecule has 2 N–H and O–H groups in total. The normalized spacial score (nSPS) is 16.0. The second-order valence-electron chi connectivity index (χ2n) is 7.20. The van der Waals surface area contributed by atoms with Crippen LogP contribution in [0.1, 0.15) is 31.4 Å². The highest BCUT2D eigenvalue weighted by Crippen LogP contribution is 2.25. The fourth-order valence-electron chi connectivity index (χ4n) is 3.50. The molecule has 152 valence electrons. The number of aryl methyl sites for hydroxylation is 2. The molecule has 1 unspecified atom stereocenters. The fourth-order valence-corrected chi connectivity index (χ4v) is 3.50. The predicted molar refractivity (Wildman–Crippen MR) is 114 cm³/mol. The van der Waals surface area contributed by atoms with Gasteiger partial charge in [0.15, 0.2) is 0 Å². The SMILES string of the molecule is CCc1ccc(N2CC(C(=O)NCC(=O)Nc3ccccc3CC)CC2=O)cc1. The molecule has 1 aliphatic heterocycles. The van der Waals surface area contributed by atoms with E-state index in [1.54, 1.807) is 4.90 Å². The maximum absolute atomic E-state index is 12.5. The summed E-state index contributed by atoms with van der Waals surface area (Å²) in [6, 6.07) is 15.4. The number of carbonyl (C=O) groups is 3. The summed E-state index contributed by atoms with van der Waals surface area (Å²) in [6.45, 7) is 4.31. The Bertz CT molecular complexity index is 892. The van der Waals surface area contributed by atoms with Gasteiger partial charge in [0.25, 0.3) is 0 Å². The zero-order valence-electron chi connectivity index (χ0n) is 16.9. The molecule has 29 heavy (non-hydrogen) atoms. The van der Waals surface area contributed by atoms with Crippen LogP contribution in [-0.4, -0.2) is 30.8 Å². The molecule has 0 aliphatic carbocycles. The highest BCUT2D eigenvalue weighted by Gasteiger charge is 2.35. The number of nitrogens with zero attached hydrogens (tertiary/aromatic N) is 1. The predicted octanol–water partition coefficient (Wildman–Crippen LogP) is 2.92. The first-order chi connectivity index (χ1) is 14.0. The lowest BCUT2D eigenvalue weighted by molar-refractivity contribution is -0.127. The molecule has 1 saturated heterocycles. The number of hydrogen-bond donors (Lipinski definition) is 2. The lowest BCUT2D eigenvalue weighted by atomic mass is 10.1. The number of anilines is 2. The molecule has 1 atom stereocenters. The average Bonchev–Trinajstić information content (AvgIpc) is 3.14. The van der Waals surface area contributed by atoms with E-state index in [1.807, 2.05) is 55.5 Å². The molecule has 1 heterocycles. The number of amides is 3. The maximum Gasteiger partial charge on any atom is 0.243 e. The summed E-state index contributed by atoms with van der Waals surface area (Å²) in [4.78, 5) is 38.7. The van der Waals surface area contributed by atoms with E-state index in [4.69, 9.17) is 0 Å². The lowest BCUT2D eigenvalue weighted by Gasteiger charge is -2.17.